The van der Waals surface area contributed by atoms with Crippen molar-refractivity contribution in [3.05, 3.63) is 29.6 Å². The molecule has 2 aliphatic rings. The number of hydrogen-bond acceptors (Lipinski definition) is 5. The summed E-state index contributed by atoms with van der Waals surface area (Å²) < 4.78 is 42.0. The second-order valence-corrected chi connectivity index (χ2v) is 11.5. The highest BCUT2D eigenvalue weighted by atomic mass is 32.2. The number of nitriles is 1. The summed E-state index contributed by atoms with van der Waals surface area (Å²) in [5.74, 6) is -0.617. The van der Waals surface area contributed by atoms with Crippen molar-refractivity contribution < 1.29 is 17.6 Å². The standard InChI is InChI=1S/C24H35FN4O3S/c1-17(2)27-11-13-28(14-12-27)24(30)19-5-7-21(8-6-19)29(18(3)4)33(31,32)22-9-10-23(25)20(15-22)16-26/h9-10,15,17-19,21H,5-8,11-14H2,1-4H3/t19-,21-. The molecule has 1 amide bonds. The summed E-state index contributed by atoms with van der Waals surface area (Å²) in [7, 11) is -3.91. The lowest BCUT2D eigenvalue weighted by Gasteiger charge is -2.41. The first-order valence-electron chi connectivity index (χ1n) is 11.8. The van der Waals surface area contributed by atoms with Crippen molar-refractivity contribution in [3.63, 3.8) is 0 Å². The molecule has 0 atom stereocenters. The first-order chi connectivity index (χ1) is 15.6. The average Bonchev–Trinajstić information content (AvgIpc) is 2.79. The highest BCUT2D eigenvalue weighted by Crippen LogP contribution is 2.34. The van der Waals surface area contributed by atoms with Gasteiger partial charge in [-0.15, -0.1) is 0 Å². The van der Waals surface area contributed by atoms with Gasteiger partial charge in [0.2, 0.25) is 15.9 Å². The summed E-state index contributed by atoms with van der Waals surface area (Å²) in [6, 6.07) is 5.01. The van der Waals surface area contributed by atoms with Crippen molar-refractivity contribution in [2.45, 2.75) is 76.4 Å². The zero-order valence-corrected chi connectivity index (χ0v) is 20.8. The van der Waals surface area contributed by atoms with Crippen LogP contribution >= 0.6 is 0 Å². The van der Waals surface area contributed by atoms with Crippen LogP contribution in [0.25, 0.3) is 0 Å². The third kappa shape index (κ3) is 5.56. The fourth-order valence-corrected chi connectivity index (χ4v) is 6.97. The van der Waals surface area contributed by atoms with E-state index in [1.165, 1.54) is 10.4 Å². The van der Waals surface area contributed by atoms with E-state index in [2.05, 4.69) is 18.7 Å². The van der Waals surface area contributed by atoms with Crippen LogP contribution < -0.4 is 0 Å². The van der Waals surface area contributed by atoms with Crippen molar-refractivity contribution in [1.82, 2.24) is 14.1 Å². The second kappa shape index (κ2) is 10.5. The summed E-state index contributed by atoms with van der Waals surface area (Å²) in [4.78, 5) is 17.3. The minimum absolute atomic E-state index is 0.0698. The summed E-state index contributed by atoms with van der Waals surface area (Å²) in [5.41, 5.74) is -0.286. The highest BCUT2D eigenvalue weighted by molar-refractivity contribution is 7.89. The molecule has 1 aromatic rings. The lowest BCUT2D eigenvalue weighted by molar-refractivity contribution is -0.138. The molecule has 1 aliphatic carbocycles. The van der Waals surface area contributed by atoms with Crippen LogP contribution in [0.15, 0.2) is 23.1 Å². The summed E-state index contributed by atoms with van der Waals surface area (Å²) in [5, 5.41) is 9.10. The zero-order valence-electron chi connectivity index (χ0n) is 20.0. The fraction of sp³-hybridized carbons (Fsp3) is 0.667. The molecule has 1 saturated heterocycles. The topological polar surface area (TPSA) is 84.7 Å². The Kier molecular flexibility index (Phi) is 8.14. The van der Waals surface area contributed by atoms with Gasteiger partial charge in [-0.1, -0.05) is 0 Å². The van der Waals surface area contributed by atoms with Gasteiger partial charge in [-0.05, 0) is 71.6 Å². The van der Waals surface area contributed by atoms with E-state index in [1.54, 1.807) is 6.07 Å². The third-order valence-electron chi connectivity index (χ3n) is 6.90. The molecular formula is C24H35FN4O3S. The highest BCUT2D eigenvalue weighted by Gasteiger charge is 2.38. The number of sulfonamides is 1. The molecule has 1 aliphatic heterocycles. The Hall–Kier alpha value is -2.02. The average molecular weight is 479 g/mol. The van der Waals surface area contributed by atoms with E-state index in [-0.39, 0.29) is 34.4 Å². The van der Waals surface area contributed by atoms with Gasteiger partial charge in [0.05, 0.1) is 10.5 Å². The number of halogens is 1. The van der Waals surface area contributed by atoms with Crippen molar-refractivity contribution >= 4 is 15.9 Å². The Labute approximate surface area is 197 Å². The Balaban J connectivity index is 1.67. The van der Waals surface area contributed by atoms with E-state index >= 15 is 0 Å². The predicted octanol–water partition coefficient (Wildman–Crippen LogP) is 3.21. The predicted molar refractivity (Wildman–Crippen MR) is 124 cm³/mol. The maximum absolute atomic E-state index is 13.7. The SMILES string of the molecule is CC(C)N1CCN(C(=O)[C@H]2CC[C@H](N(C(C)C)S(=O)(=O)c3ccc(F)c(C#N)c3)CC2)CC1. The Morgan fingerprint density at radius 3 is 2.21 bits per heavy atom. The number of piperazine rings is 1. The van der Waals surface area contributed by atoms with E-state index in [9.17, 15) is 17.6 Å². The van der Waals surface area contributed by atoms with Gasteiger partial charge in [0.25, 0.3) is 0 Å². The monoisotopic (exact) mass is 478 g/mol. The molecule has 33 heavy (non-hydrogen) atoms. The largest absolute Gasteiger partial charge is 0.340 e. The summed E-state index contributed by atoms with van der Waals surface area (Å²) >= 11 is 0. The van der Waals surface area contributed by atoms with Crippen LogP contribution in [0.2, 0.25) is 0 Å². The molecule has 0 unspecified atom stereocenters. The molecule has 1 saturated carbocycles. The Morgan fingerprint density at radius 2 is 1.70 bits per heavy atom. The molecule has 9 heteroatoms. The molecule has 7 nitrogen and oxygen atoms in total. The van der Waals surface area contributed by atoms with E-state index in [4.69, 9.17) is 5.26 Å². The van der Waals surface area contributed by atoms with E-state index in [0.717, 1.165) is 38.3 Å². The lowest BCUT2D eigenvalue weighted by Crippen LogP contribution is -2.53. The van der Waals surface area contributed by atoms with Crippen LogP contribution in [0.4, 0.5) is 4.39 Å². The fourth-order valence-electron chi connectivity index (χ4n) is 5.06. The Bertz CT molecular complexity index is 989. The molecule has 0 N–H and O–H groups in total. The molecule has 1 heterocycles. The molecule has 182 valence electrons. The first kappa shape index (κ1) is 25.6. The minimum Gasteiger partial charge on any atom is -0.340 e. The van der Waals surface area contributed by atoms with Gasteiger partial charge < -0.3 is 4.90 Å². The molecule has 3 rings (SSSR count). The molecule has 0 aromatic heterocycles. The number of hydrogen-bond donors (Lipinski definition) is 0. The molecular weight excluding hydrogens is 443 g/mol. The quantitative estimate of drug-likeness (QED) is 0.627. The van der Waals surface area contributed by atoms with E-state index in [1.807, 2.05) is 18.7 Å². The molecule has 0 radical (unpaired) electrons. The maximum Gasteiger partial charge on any atom is 0.243 e. The van der Waals surface area contributed by atoms with Gasteiger partial charge in [-0.25, -0.2) is 12.8 Å². The van der Waals surface area contributed by atoms with Gasteiger partial charge in [0, 0.05) is 50.2 Å². The molecule has 2 fully saturated rings. The van der Waals surface area contributed by atoms with Crippen molar-refractivity contribution in [2.24, 2.45) is 5.92 Å². The van der Waals surface area contributed by atoms with Crippen LogP contribution in [0.5, 0.6) is 0 Å². The number of rotatable bonds is 6. The minimum atomic E-state index is -3.91. The van der Waals surface area contributed by atoms with Crippen LogP contribution in [0.3, 0.4) is 0 Å². The second-order valence-electron chi connectivity index (χ2n) is 9.64. The third-order valence-corrected chi connectivity index (χ3v) is 9.03. The number of nitrogens with zero attached hydrogens (tertiary/aromatic N) is 4. The Morgan fingerprint density at radius 1 is 1.09 bits per heavy atom. The van der Waals surface area contributed by atoms with E-state index < -0.39 is 15.8 Å². The van der Waals surface area contributed by atoms with E-state index in [0.29, 0.717) is 31.7 Å². The van der Waals surface area contributed by atoms with Crippen LogP contribution in [-0.2, 0) is 14.8 Å². The van der Waals surface area contributed by atoms with Crippen molar-refractivity contribution in [2.75, 3.05) is 26.2 Å². The number of amides is 1. The van der Waals surface area contributed by atoms with Crippen LogP contribution in [0.1, 0.15) is 58.9 Å². The van der Waals surface area contributed by atoms with Gasteiger partial charge in [-0.3, -0.25) is 9.69 Å². The smallest absolute Gasteiger partial charge is 0.243 e. The normalized spacial score (nSPS) is 22.7. The number of carbonyl (C=O) groups excluding carboxylic acids is 1. The van der Waals surface area contributed by atoms with Gasteiger partial charge in [0.15, 0.2) is 0 Å². The van der Waals surface area contributed by atoms with Crippen LogP contribution in [-0.4, -0.2) is 72.7 Å². The summed E-state index contributed by atoms with van der Waals surface area (Å²) in [6.45, 7) is 11.2. The van der Waals surface area contributed by atoms with Gasteiger partial charge in [-0.2, -0.15) is 9.57 Å². The zero-order chi connectivity index (χ0) is 24.3. The van der Waals surface area contributed by atoms with Gasteiger partial charge in [0.1, 0.15) is 11.9 Å². The molecule has 0 bridgehead atoms. The van der Waals surface area contributed by atoms with Gasteiger partial charge >= 0.3 is 0 Å². The lowest BCUT2D eigenvalue weighted by atomic mass is 9.84. The van der Waals surface area contributed by atoms with Crippen molar-refractivity contribution in [1.29, 1.82) is 5.26 Å². The number of carbonyl (C=O) groups is 1. The van der Waals surface area contributed by atoms with Crippen molar-refractivity contribution in [3.8, 4) is 6.07 Å². The number of benzene rings is 1. The van der Waals surface area contributed by atoms with Crippen LogP contribution in [0, 0.1) is 23.1 Å². The molecule has 1 aromatic carbocycles. The first-order valence-corrected chi connectivity index (χ1v) is 13.3. The summed E-state index contributed by atoms with van der Waals surface area (Å²) in [6.07, 6.45) is 2.51. The molecule has 0 spiro atoms. The maximum atomic E-state index is 13.7.